The van der Waals surface area contributed by atoms with Crippen molar-refractivity contribution in [3.8, 4) is 11.8 Å². The Morgan fingerprint density at radius 1 is 1.04 bits per heavy atom. The van der Waals surface area contributed by atoms with E-state index in [1.165, 1.54) is 26.4 Å². The monoisotopic (exact) mass is 729 g/mol. The largest absolute Gasteiger partial charge is 0.495 e. The van der Waals surface area contributed by atoms with Gasteiger partial charge in [0.1, 0.15) is 35.6 Å². The summed E-state index contributed by atoms with van der Waals surface area (Å²) in [6.45, 7) is 11.4. The number of ether oxygens (including phenoxy) is 3. The van der Waals surface area contributed by atoms with Gasteiger partial charge in [0.15, 0.2) is 0 Å². The number of piperazine rings is 1. The van der Waals surface area contributed by atoms with Gasteiger partial charge < -0.3 is 39.5 Å². The highest BCUT2D eigenvalue weighted by Gasteiger charge is 2.42. The van der Waals surface area contributed by atoms with Gasteiger partial charge in [-0.15, -0.1) is 0 Å². The van der Waals surface area contributed by atoms with Crippen LogP contribution in [0.15, 0.2) is 53.5 Å². The number of amidine groups is 1. The molecular formula is C40H55N7O6. The molecule has 0 unspecified atom stereocenters. The van der Waals surface area contributed by atoms with Gasteiger partial charge in [-0.1, -0.05) is 42.8 Å². The first-order valence-electron chi connectivity index (χ1n) is 18.9. The first-order chi connectivity index (χ1) is 25.5. The van der Waals surface area contributed by atoms with E-state index in [0.717, 1.165) is 43.6 Å². The van der Waals surface area contributed by atoms with Crippen LogP contribution >= 0.6 is 0 Å². The summed E-state index contributed by atoms with van der Waals surface area (Å²) in [4.78, 5) is 52.5. The van der Waals surface area contributed by atoms with Gasteiger partial charge in [-0.3, -0.25) is 9.59 Å². The number of alkyl carbamates (subject to hydrolysis) is 1. The molecule has 286 valence electrons. The van der Waals surface area contributed by atoms with Gasteiger partial charge in [0.25, 0.3) is 6.02 Å². The molecule has 13 heteroatoms. The maximum Gasteiger partial charge on any atom is 0.408 e. The van der Waals surface area contributed by atoms with Crippen molar-refractivity contribution in [1.29, 1.82) is 5.26 Å². The predicted octanol–water partition coefficient (Wildman–Crippen LogP) is 4.76. The van der Waals surface area contributed by atoms with Crippen LogP contribution in [-0.4, -0.2) is 109 Å². The molecule has 3 aliphatic rings. The van der Waals surface area contributed by atoms with Crippen molar-refractivity contribution >= 4 is 23.9 Å². The van der Waals surface area contributed by atoms with Gasteiger partial charge >= 0.3 is 6.09 Å². The molecule has 3 aliphatic heterocycles. The molecule has 0 spiro atoms. The highest BCUT2D eigenvalue weighted by atomic mass is 16.6. The molecule has 2 saturated heterocycles. The summed E-state index contributed by atoms with van der Waals surface area (Å²) in [7, 11) is 1.49. The molecule has 3 heterocycles. The van der Waals surface area contributed by atoms with Crippen molar-refractivity contribution in [3.05, 3.63) is 65.2 Å². The molecule has 2 N–H and O–H groups in total. The minimum absolute atomic E-state index is 0.141. The first-order valence-corrected chi connectivity index (χ1v) is 18.9. The summed E-state index contributed by atoms with van der Waals surface area (Å²) < 4.78 is 17.3. The zero-order valence-electron chi connectivity index (χ0n) is 31.8. The first kappa shape index (κ1) is 39.4. The van der Waals surface area contributed by atoms with Crippen LogP contribution in [-0.2, 0) is 25.6 Å². The van der Waals surface area contributed by atoms with E-state index in [1.807, 2.05) is 42.2 Å². The number of carbonyl (C=O) groups excluding carboxylic acids is 3. The van der Waals surface area contributed by atoms with Crippen LogP contribution in [0.4, 0.5) is 4.79 Å². The lowest BCUT2D eigenvalue weighted by Crippen LogP contribution is -2.64. The molecule has 0 aromatic heterocycles. The second kappa shape index (κ2) is 18.3. The van der Waals surface area contributed by atoms with E-state index >= 15 is 0 Å². The lowest BCUT2D eigenvalue weighted by Gasteiger charge is -2.42. The molecule has 0 bridgehead atoms. The van der Waals surface area contributed by atoms with Crippen molar-refractivity contribution in [2.75, 3.05) is 46.4 Å². The molecule has 53 heavy (non-hydrogen) atoms. The maximum atomic E-state index is 14.5. The van der Waals surface area contributed by atoms with E-state index in [-0.39, 0.29) is 43.6 Å². The lowest BCUT2D eigenvalue weighted by atomic mass is 10.0. The second-order valence-corrected chi connectivity index (χ2v) is 15.1. The number of likely N-dealkylation sites (tertiary alicyclic amines) is 1. The van der Waals surface area contributed by atoms with Crippen molar-refractivity contribution in [1.82, 2.24) is 25.3 Å². The Labute approximate surface area is 313 Å². The quantitative estimate of drug-likeness (QED) is 0.295. The molecule has 3 amide bonds. The summed E-state index contributed by atoms with van der Waals surface area (Å²) in [6, 6.07) is 15.6. The number of piperidine rings is 1. The van der Waals surface area contributed by atoms with Crippen LogP contribution in [0, 0.1) is 11.3 Å². The van der Waals surface area contributed by atoms with Crippen LogP contribution in [0.25, 0.3) is 0 Å². The third-order valence-electron chi connectivity index (χ3n) is 9.86. The normalized spacial score (nSPS) is 21.1. The maximum absolute atomic E-state index is 14.5. The number of aliphatic imine (C=N–C) groups is 1. The van der Waals surface area contributed by atoms with Gasteiger partial charge in [0, 0.05) is 19.6 Å². The third kappa shape index (κ3) is 10.9. The number of nitrogens with zero attached hydrogens (tertiary/aromatic N) is 5. The molecule has 0 aliphatic carbocycles. The minimum atomic E-state index is -0.912. The van der Waals surface area contributed by atoms with Gasteiger partial charge in [-0.2, -0.15) is 5.26 Å². The number of rotatable bonds is 12. The Bertz CT molecular complexity index is 1630. The zero-order valence-corrected chi connectivity index (χ0v) is 31.8. The predicted molar refractivity (Wildman–Crippen MR) is 201 cm³/mol. The van der Waals surface area contributed by atoms with E-state index in [1.54, 1.807) is 43.9 Å². The van der Waals surface area contributed by atoms with Crippen LogP contribution in [0.3, 0.4) is 0 Å². The fraction of sp³-hybridized carbons (Fsp3) is 0.575. The summed E-state index contributed by atoms with van der Waals surface area (Å²) >= 11 is 0. The Morgan fingerprint density at radius 2 is 1.79 bits per heavy atom. The number of hydrogen-bond acceptors (Lipinski definition) is 10. The number of hydrogen-bond donors (Lipinski definition) is 2. The number of unbranched alkanes of at least 4 members (excludes halogenated alkanes) is 1. The van der Waals surface area contributed by atoms with Crippen LogP contribution in [0.1, 0.15) is 89.0 Å². The number of nitriles is 1. The SMILES string of the molecule is COc1cc(CNC(=O)[C@@H]2CN(C3=N[C@@H](C)[C@H](c4ccccc4)O3)CCN2C(=O)[C@@H](CCCCN2CCCCC2)NC(=O)OC(C)(C)C)ccc1C#N. The molecule has 2 aromatic rings. The zero-order chi connectivity index (χ0) is 38.0. The summed E-state index contributed by atoms with van der Waals surface area (Å²) in [6.07, 6.45) is 4.78. The van der Waals surface area contributed by atoms with E-state index in [2.05, 4.69) is 21.6 Å². The topological polar surface area (TPSA) is 149 Å². The van der Waals surface area contributed by atoms with E-state index in [0.29, 0.717) is 30.3 Å². The van der Waals surface area contributed by atoms with E-state index in [9.17, 15) is 19.6 Å². The summed E-state index contributed by atoms with van der Waals surface area (Å²) in [5, 5.41) is 15.3. The highest BCUT2D eigenvalue weighted by molar-refractivity contribution is 5.92. The summed E-state index contributed by atoms with van der Waals surface area (Å²) in [5.74, 6) is -0.285. The highest BCUT2D eigenvalue weighted by Crippen LogP contribution is 2.31. The molecule has 0 saturated carbocycles. The molecule has 4 atom stereocenters. The third-order valence-corrected chi connectivity index (χ3v) is 9.86. The average Bonchev–Trinajstić information content (AvgIpc) is 3.55. The molecule has 13 nitrogen and oxygen atoms in total. The number of carbonyl (C=O) groups is 3. The van der Waals surface area contributed by atoms with E-state index in [4.69, 9.17) is 19.2 Å². The van der Waals surface area contributed by atoms with Crippen molar-refractivity contribution in [3.63, 3.8) is 0 Å². The van der Waals surface area contributed by atoms with Crippen LogP contribution < -0.4 is 15.4 Å². The van der Waals surface area contributed by atoms with Gasteiger partial charge in [-0.05, 0) is 103 Å². The lowest BCUT2D eigenvalue weighted by molar-refractivity contribution is -0.145. The molecule has 2 fully saturated rings. The summed E-state index contributed by atoms with van der Waals surface area (Å²) in [5.41, 5.74) is 1.39. The number of amides is 3. The molecule has 0 radical (unpaired) electrons. The van der Waals surface area contributed by atoms with Crippen LogP contribution in [0.2, 0.25) is 0 Å². The van der Waals surface area contributed by atoms with Crippen molar-refractivity contribution in [2.45, 2.75) is 103 Å². The number of nitrogens with one attached hydrogen (secondary N) is 2. The Hall–Kier alpha value is -4.83. The Morgan fingerprint density at radius 3 is 2.49 bits per heavy atom. The Kier molecular flexibility index (Phi) is 13.6. The smallest absolute Gasteiger partial charge is 0.408 e. The second-order valence-electron chi connectivity index (χ2n) is 15.1. The fourth-order valence-corrected chi connectivity index (χ4v) is 7.09. The van der Waals surface area contributed by atoms with Gasteiger partial charge in [-0.25, -0.2) is 9.79 Å². The van der Waals surface area contributed by atoms with E-state index < -0.39 is 23.8 Å². The number of methoxy groups -OCH3 is 1. The van der Waals surface area contributed by atoms with Crippen LogP contribution in [0.5, 0.6) is 5.75 Å². The molecule has 5 rings (SSSR count). The minimum Gasteiger partial charge on any atom is -0.495 e. The van der Waals surface area contributed by atoms with Gasteiger partial charge in [0.05, 0.1) is 25.3 Å². The average molecular weight is 730 g/mol. The fourth-order valence-electron chi connectivity index (χ4n) is 7.09. The number of benzene rings is 2. The molecule has 2 aromatic carbocycles. The molecular weight excluding hydrogens is 674 g/mol. The van der Waals surface area contributed by atoms with Crippen molar-refractivity contribution < 1.29 is 28.6 Å². The van der Waals surface area contributed by atoms with Gasteiger partial charge in [0.2, 0.25) is 11.8 Å². The van der Waals surface area contributed by atoms with Crippen molar-refractivity contribution in [2.24, 2.45) is 4.99 Å². The Balaban J connectivity index is 1.34. The standard InChI is InChI=1S/C40H55N7O6/c1-28-35(30-14-8-6-9-15-30)52-38(43-28)46-22-23-47(33(27-46)36(48)42-26-29-17-18-31(25-41)34(24-29)51-5)37(49)32(44-39(50)53-40(2,3)4)16-10-13-21-45-19-11-7-12-20-45/h6,8-9,14-15,17-18,24,28,32-33,35H,7,10-13,16,19-23,26-27H2,1-5H3,(H,42,48)(H,44,50)/t28-,32+,33-,35+/m0/s1.